The molecule has 0 saturated heterocycles. The fourth-order valence-corrected chi connectivity index (χ4v) is 3.13. The number of rotatable bonds is 12. The van der Waals surface area contributed by atoms with Gasteiger partial charge < -0.3 is 14.8 Å². The van der Waals surface area contributed by atoms with Crippen molar-refractivity contribution in [2.24, 2.45) is 0 Å². The third-order valence-corrected chi connectivity index (χ3v) is 4.75. The van der Waals surface area contributed by atoms with Crippen molar-refractivity contribution >= 4 is 5.69 Å². The highest BCUT2D eigenvalue weighted by atomic mass is 16.5. The Bertz CT molecular complexity index is 674. The van der Waals surface area contributed by atoms with Crippen LogP contribution >= 0.6 is 0 Å². The lowest BCUT2D eigenvalue weighted by atomic mass is 9.86. The van der Waals surface area contributed by atoms with E-state index in [0.29, 0.717) is 6.61 Å². The van der Waals surface area contributed by atoms with E-state index in [9.17, 15) is 0 Å². The lowest BCUT2D eigenvalue weighted by molar-refractivity contribution is 0.304. The summed E-state index contributed by atoms with van der Waals surface area (Å²) in [6.07, 6.45) is 6.31. The summed E-state index contributed by atoms with van der Waals surface area (Å²) in [5.74, 6) is 1.91. The molecule has 0 unspecified atom stereocenters. The molecular formula is C25H37NO2. The quantitative estimate of drug-likeness (QED) is 0.408. The fraction of sp³-hybridized carbons (Fsp3) is 0.520. The van der Waals surface area contributed by atoms with Crippen molar-refractivity contribution in [1.82, 2.24) is 0 Å². The van der Waals surface area contributed by atoms with E-state index in [1.807, 2.05) is 18.2 Å². The molecule has 0 aliphatic heterocycles. The van der Waals surface area contributed by atoms with Gasteiger partial charge in [-0.3, -0.25) is 0 Å². The number of hydrogen-bond donors (Lipinski definition) is 1. The monoisotopic (exact) mass is 383 g/mol. The average Bonchev–Trinajstić information content (AvgIpc) is 2.68. The van der Waals surface area contributed by atoms with Gasteiger partial charge >= 0.3 is 0 Å². The Morgan fingerprint density at radius 2 is 1.50 bits per heavy atom. The first-order valence-corrected chi connectivity index (χ1v) is 10.7. The van der Waals surface area contributed by atoms with E-state index >= 15 is 0 Å². The second-order valence-electron chi connectivity index (χ2n) is 8.31. The molecule has 0 amide bonds. The summed E-state index contributed by atoms with van der Waals surface area (Å²) in [5.41, 5.74) is 2.41. The second kappa shape index (κ2) is 11.6. The van der Waals surface area contributed by atoms with Crippen molar-refractivity contribution in [3.63, 3.8) is 0 Å². The Morgan fingerprint density at radius 1 is 0.786 bits per heavy atom. The second-order valence-corrected chi connectivity index (χ2v) is 8.31. The highest BCUT2D eigenvalue weighted by Crippen LogP contribution is 2.30. The highest BCUT2D eigenvalue weighted by Gasteiger charge is 2.18. The van der Waals surface area contributed by atoms with Crippen LogP contribution in [0.25, 0.3) is 0 Å². The van der Waals surface area contributed by atoms with E-state index in [2.05, 4.69) is 63.3 Å². The van der Waals surface area contributed by atoms with E-state index in [1.54, 1.807) is 0 Å². The van der Waals surface area contributed by atoms with Crippen LogP contribution in [0.3, 0.4) is 0 Å². The lowest BCUT2D eigenvalue weighted by Gasteiger charge is -2.22. The van der Waals surface area contributed by atoms with Gasteiger partial charge in [0.05, 0.1) is 6.61 Å². The molecule has 0 saturated carbocycles. The number of unbranched alkanes of at least 4 members (excludes halogenated alkanes) is 4. The third-order valence-electron chi connectivity index (χ3n) is 4.75. The van der Waals surface area contributed by atoms with E-state index in [1.165, 1.54) is 31.2 Å². The molecule has 1 N–H and O–H groups in total. The Labute approximate surface area is 171 Å². The van der Waals surface area contributed by atoms with Crippen LogP contribution in [0.5, 0.6) is 11.5 Å². The molecule has 2 aromatic carbocycles. The molecule has 0 atom stereocenters. The van der Waals surface area contributed by atoms with Crippen molar-refractivity contribution in [3.8, 4) is 11.5 Å². The Kier molecular flexibility index (Phi) is 9.19. The summed E-state index contributed by atoms with van der Waals surface area (Å²) < 4.78 is 11.8. The molecule has 2 rings (SSSR count). The predicted octanol–water partition coefficient (Wildman–Crippen LogP) is 6.82. The summed E-state index contributed by atoms with van der Waals surface area (Å²) in [4.78, 5) is 0. The minimum Gasteiger partial charge on any atom is -0.494 e. The first-order valence-electron chi connectivity index (χ1n) is 10.7. The van der Waals surface area contributed by atoms with Crippen molar-refractivity contribution in [2.75, 3.05) is 25.1 Å². The van der Waals surface area contributed by atoms with Crippen LogP contribution in [0.2, 0.25) is 0 Å². The highest BCUT2D eigenvalue weighted by molar-refractivity contribution is 5.46. The van der Waals surface area contributed by atoms with Gasteiger partial charge in [-0.15, -0.1) is 0 Å². The maximum absolute atomic E-state index is 6.02. The van der Waals surface area contributed by atoms with Gasteiger partial charge in [-0.2, -0.15) is 0 Å². The Balaban J connectivity index is 1.69. The SMILES string of the molecule is CCCCCCCOc1ccc(NCCOc2ccccc2C(C)(C)C)cc1. The van der Waals surface area contributed by atoms with Crippen LogP contribution in [-0.2, 0) is 5.41 Å². The predicted molar refractivity (Wildman–Crippen MR) is 120 cm³/mol. The van der Waals surface area contributed by atoms with Crippen LogP contribution in [0, 0.1) is 0 Å². The van der Waals surface area contributed by atoms with Gasteiger partial charge in [0.2, 0.25) is 0 Å². The van der Waals surface area contributed by atoms with Gasteiger partial charge in [0.25, 0.3) is 0 Å². The molecular weight excluding hydrogens is 346 g/mol. The number of anilines is 1. The van der Waals surface area contributed by atoms with Gasteiger partial charge in [0.15, 0.2) is 0 Å². The molecule has 154 valence electrons. The molecule has 0 spiro atoms. The smallest absolute Gasteiger partial charge is 0.123 e. The molecule has 0 aliphatic rings. The minimum atomic E-state index is 0.0792. The van der Waals surface area contributed by atoms with Crippen molar-refractivity contribution < 1.29 is 9.47 Å². The Morgan fingerprint density at radius 3 is 2.21 bits per heavy atom. The van der Waals surface area contributed by atoms with E-state index in [0.717, 1.165) is 36.8 Å². The third kappa shape index (κ3) is 7.84. The number of ether oxygens (including phenoxy) is 2. The molecule has 0 bridgehead atoms. The molecule has 3 nitrogen and oxygen atoms in total. The zero-order valence-corrected chi connectivity index (χ0v) is 18.1. The van der Waals surface area contributed by atoms with Gasteiger partial charge in [-0.1, -0.05) is 71.6 Å². The number of nitrogens with one attached hydrogen (secondary N) is 1. The molecule has 3 heteroatoms. The van der Waals surface area contributed by atoms with Gasteiger partial charge in [0, 0.05) is 12.2 Å². The van der Waals surface area contributed by atoms with Crippen molar-refractivity contribution in [1.29, 1.82) is 0 Å². The van der Waals surface area contributed by atoms with Crippen LogP contribution < -0.4 is 14.8 Å². The molecule has 0 aliphatic carbocycles. The molecule has 0 heterocycles. The molecule has 28 heavy (non-hydrogen) atoms. The molecule has 0 radical (unpaired) electrons. The number of hydrogen-bond acceptors (Lipinski definition) is 3. The lowest BCUT2D eigenvalue weighted by Crippen LogP contribution is -2.16. The van der Waals surface area contributed by atoms with Crippen LogP contribution in [0.1, 0.15) is 65.4 Å². The van der Waals surface area contributed by atoms with Crippen LogP contribution in [0.4, 0.5) is 5.69 Å². The number of para-hydroxylation sites is 1. The first-order chi connectivity index (χ1) is 13.5. The average molecular weight is 384 g/mol. The molecule has 2 aromatic rings. The summed E-state index contributed by atoms with van der Waals surface area (Å²) in [7, 11) is 0. The standard InChI is InChI=1S/C25H37NO2/c1-5-6-7-8-11-19-27-22-16-14-21(15-17-22)26-18-20-28-24-13-10-9-12-23(24)25(2,3)4/h9-10,12-17,26H,5-8,11,18-20H2,1-4H3. The minimum absolute atomic E-state index is 0.0792. The zero-order chi connectivity index (χ0) is 20.2. The van der Waals surface area contributed by atoms with Gasteiger partial charge in [0.1, 0.15) is 18.1 Å². The summed E-state index contributed by atoms with van der Waals surface area (Å²) in [6.45, 7) is 11.1. The maximum Gasteiger partial charge on any atom is 0.123 e. The largest absolute Gasteiger partial charge is 0.494 e. The molecule has 0 fully saturated rings. The normalized spacial score (nSPS) is 11.3. The van der Waals surface area contributed by atoms with Crippen molar-refractivity contribution in [3.05, 3.63) is 54.1 Å². The number of benzene rings is 2. The summed E-state index contributed by atoms with van der Waals surface area (Å²) in [5, 5.41) is 3.41. The van der Waals surface area contributed by atoms with E-state index in [4.69, 9.17) is 9.47 Å². The van der Waals surface area contributed by atoms with Gasteiger partial charge in [-0.25, -0.2) is 0 Å². The van der Waals surface area contributed by atoms with Crippen LogP contribution in [-0.4, -0.2) is 19.8 Å². The fourth-order valence-electron chi connectivity index (χ4n) is 3.13. The summed E-state index contributed by atoms with van der Waals surface area (Å²) >= 11 is 0. The van der Waals surface area contributed by atoms with Crippen LogP contribution in [0.15, 0.2) is 48.5 Å². The summed E-state index contributed by atoms with van der Waals surface area (Å²) in [6, 6.07) is 16.5. The van der Waals surface area contributed by atoms with Crippen molar-refractivity contribution in [2.45, 2.75) is 65.2 Å². The molecule has 0 aromatic heterocycles. The topological polar surface area (TPSA) is 30.5 Å². The van der Waals surface area contributed by atoms with E-state index < -0.39 is 0 Å². The first kappa shape index (κ1) is 22.1. The van der Waals surface area contributed by atoms with E-state index in [-0.39, 0.29) is 5.41 Å². The van der Waals surface area contributed by atoms with Gasteiger partial charge in [-0.05, 0) is 47.7 Å². The maximum atomic E-state index is 6.02. The Hall–Kier alpha value is -2.16. The zero-order valence-electron chi connectivity index (χ0n) is 18.1.